The Morgan fingerprint density at radius 3 is 1.76 bits per heavy atom. The van der Waals surface area contributed by atoms with E-state index in [1.807, 2.05) is 18.4 Å². The lowest BCUT2D eigenvalue weighted by Crippen LogP contribution is -2.60. The van der Waals surface area contributed by atoms with Crippen LogP contribution in [0.25, 0.3) is 32.6 Å². The van der Waals surface area contributed by atoms with Crippen molar-refractivity contribution in [1.29, 1.82) is 0 Å². The average Bonchev–Trinajstić information content (AvgIpc) is 3.57. The molecule has 5 aromatic rings. The third-order valence-electron chi connectivity index (χ3n) is 12.1. The molecule has 6 N–H and O–H groups in total. The van der Waals surface area contributed by atoms with Crippen LogP contribution in [-0.4, -0.2) is 54.6 Å². The number of nitrogen functional groups attached to an aromatic ring is 2. The minimum absolute atomic E-state index is 0.0273. The molecule has 0 amide bonds. The summed E-state index contributed by atoms with van der Waals surface area (Å²) in [5.41, 5.74) is 13.3. The number of ether oxygens (including phenoxy) is 2. The van der Waals surface area contributed by atoms with Crippen molar-refractivity contribution in [1.82, 2.24) is 9.13 Å². The number of benzene rings is 2. The topological polar surface area (TPSA) is 223 Å². The Morgan fingerprint density at radius 1 is 0.741 bits per heavy atom. The van der Waals surface area contributed by atoms with Crippen molar-refractivity contribution in [2.24, 2.45) is 11.8 Å². The molecule has 14 heteroatoms. The Labute approximate surface area is 335 Å². The van der Waals surface area contributed by atoms with E-state index in [2.05, 4.69) is 4.57 Å². The maximum absolute atomic E-state index is 13.1. The number of nitrogens with two attached hydrogens (primary N) is 2. The van der Waals surface area contributed by atoms with Crippen LogP contribution in [0.1, 0.15) is 114 Å². The monoisotopic (exact) mass is 798 g/mol. The van der Waals surface area contributed by atoms with Crippen molar-refractivity contribution >= 4 is 67.5 Å². The molecule has 1 aliphatic rings. The van der Waals surface area contributed by atoms with Crippen LogP contribution in [0.2, 0.25) is 0 Å². The third kappa shape index (κ3) is 6.89. The van der Waals surface area contributed by atoms with E-state index in [1.54, 1.807) is 39.8 Å². The molecule has 0 saturated heterocycles. The smallest absolute Gasteiger partial charge is 0.356 e. The molecule has 0 fully saturated rings. The summed E-state index contributed by atoms with van der Waals surface area (Å²) in [5.74, 6) is -5.67. The number of rotatable bonds is 19. The van der Waals surface area contributed by atoms with Gasteiger partial charge in [0.15, 0.2) is 6.10 Å². The van der Waals surface area contributed by atoms with Crippen LogP contribution in [0, 0.1) is 25.7 Å². The number of anilines is 2. The second kappa shape index (κ2) is 16.3. The maximum Gasteiger partial charge on any atom is 0.356 e. The summed E-state index contributed by atoms with van der Waals surface area (Å²) in [5, 5.41) is 21.1. The SMILES string of the molecule is Cc1c(N)c2c3c(ccc2n1CCCCCCCCCCCCn1c(C)c(N)c2c(OC(C(=O)O)C(C)C)c4c(=O)c(=O)c4cc21)C(=O)C(=O)C(C(=O)O)(C(C)C)O3. The molecule has 0 aliphatic carbocycles. The van der Waals surface area contributed by atoms with Gasteiger partial charge in [0.25, 0.3) is 11.4 Å². The number of carboxylic acid groups (broad SMARTS) is 2. The van der Waals surface area contributed by atoms with E-state index in [4.69, 9.17) is 20.9 Å². The molecule has 58 heavy (non-hydrogen) atoms. The van der Waals surface area contributed by atoms with Crippen molar-refractivity contribution in [2.75, 3.05) is 11.5 Å². The fourth-order valence-electron chi connectivity index (χ4n) is 8.56. The molecule has 0 radical (unpaired) electrons. The van der Waals surface area contributed by atoms with E-state index in [-0.39, 0.29) is 33.8 Å². The molecule has 2 atom stereocenters. The highest BCUT2D eigenvalue weighted by Crippen LogP contribution is 2.45. The molecular formula is C44H54N4O10. The normalized spacial score (nSPS) is 16.3. The molecule has 0 spiro atoms. The van der Waals surface area contributed by atoms with Crippen LogP contribution in [0.4, 0.5) is 11.4 Å². The zero-order chi connectivity index (χ0) is 42.4. The molecule has 1 aliphatic heterocycles. The molecule has 0 saturated carbocycles. The maximum atomic E-state index is 13.1. The number of carboxylic acids is 2. The Kier molecular flexibility index (Phi) is 11.8. The highest BCUT2D eigenvalue weighted by molar-refractivity contribution is 6.51. The molecule has 3 aromatic carbocycles. The predicted molar refractivity (Wildman–Crippen MR) is 223 cm³/mol. The summed E-state index contributed by atoms with van der Waals surface area (Å²) in [6, 6.07) is 4.95. The van der Waals surface area contributed by atoms with Crippen LogP contribution in [0.5, 0.6) is 11.5 Å². The fourth-order valence-corrected chi connectivity index (χ4v) is 8.56. The van der Waals surface area contributed by atoms with Gasteiger partial charge >= 0.3 is 11.9 Å². The quantitative estimate of drug-likeness (QED) is 0.0383. The van der Waals surface area contributed by atoms with Gasteiger partial charge in [-0.25, -0.2) is 9.59 Å². The lowest BCUT2D eigenvalue weighted by atomic mass is 9.80. The number of fused-ring (bicyclic) bond motifs is 5. The van der Waals surface area contributed by atoms with Crippen molar-refractivity contribution in [3.05, 3.63) is 55.6 Å². The molecule has 2 unspecified atom stereocenters. The first kappa shape index (κ1) is 42.0. The molecule has 0 bridgehead atoms. The number of nitrogens with zero attached hydrogens (tertiary/aromatic N) is 2. The molecule has 3 heterocycles. The largest absolute Gasteiger partial charge is 0.478 e. The fraction of sp³-hybridized carbons (Fsp3) is 0.500. The van der Waals surface area contributed by atoms with Gasteiger partial charge in [0.05, 0.1) is 44.1 Å². The highest BCUT2D eigenvalue weighted by Gasteiger charge is 2.58. The van der Waals surface area contributed by atoms with Crippen molar-refractivity contribution < 1.29 is 38.9 Å². The minimum atomic E-state index is -2.31. The number of hydrogen-bond donors (Lipinski definition) is 4. The molecule has 6 rings (SSSR count). The van der Waals surface area contributed by atoms with E-state index in [0.29, 0.717) is 40.8 Å². The van der Waals surface area contributed by atoms with Crippen molar-refractivity contribution in [3.63, 3.8) is 0 Å². The summed E-state index contributed by atoms with van der Waals surface area (Å²) in [7, 11) is 0. The van der Waals surface area contributed by atoms with Crippen LogP contribution in [0.3, 0.4) is 0 Å². The van der Waals surface area contributed by atoms with Crippen LogP contribution >= 0.6 is 0 Å². The number of unbranched alkanes of at least 4 members (excludes halogenated alkanes) is 9. The first-order chi connectivity index (χ1) is 27.5. The Morgan fingerprint density at radius 2 is 1.26 bits per heavy atom. The minimum Gasteiger partial charge on any atom is -0.478 e. The second-order valence-corrected chi connectivity index (χ2v) is 16.4. The van der Waals surface area contributed by atoms with Gasteiger partial charge in [-0.3, -0.25) is 19.2 Å². The first-order valence-electron chi connectivity index (χ1n) is 20.3. The van der Waals surface area contributed by atoms with Gasteiger partial charge in [0.1, 0.15) is 11.5 Å². The van der Waals surface area contributed by atoms with Crippen LogP contribution in [0.15, 0.2) is 27.8 Å². The summed E-state index contributed by atoms with van der Waals surface area (Å²) in [4.78, 5) is 75.4. The number of aromatic nitrogens is 2. The molecule has 310 valence electrons. The second-order valence-electron chi connectivity index (χ2n) is 16.4. The number of carbonyl (C=O) groups is 4. The lowest BCUT2D eigenvalue weighted by Gasteiger charge is -2.36. The molecular weight excluding hydrogens is 745 g/mol. The van der Waals surface area contributed by atoms with Crippen molar-refractivity contribution in [2.45, 2.75) is 131 Å². The summed E-state index contributed by atoms with van der Waals surface area (Å²) in [6.45, 7) is 11.6. The van der Waals surface area contributed by atoms with Crippen LogP contribution < -0.4 is 31.8 Å². The Balaban J connectivity index is 0.977. The summed E-state index contributed by atoms with van der Waals surface area (Å²) < 4.78 is 16.0. The van der Waals surface area contributed by atoms with Gasteiger partial charge in [-0.2, -0.15) is 0 Å². The number of Topliss-reactive ketones (excluding diaryl/α,β-unsaturated/α-hetero) is 2. The van der Waals surface area contributed by atoms with Crippen LogP contribution in [-0.2, 0) is 27.5 Å². The number of aliphatic carboxylic acids is 2. The zero-order valence-electron chi connectivity index (χ0n) is 34.2. The number of hydrogen-bond acceptors (Lipinski definition) is 10. The van der Waals surface area contributed by atoms with Gasteiger partial charge in [0.2, 0.25) is 16.6 Å². The van der Waals surface area contributed by atoms with Crippen molar-refractivity contribution in [3.8, 4) is 11.5 Å². The average molecular weight is 799 g/mol. The number of aryl methyl sites for hydroxylation is 2. The zero-order valence-corrected chi connectivity index (χ0v) is 34.2. The third-order valence-corrected chi connectivity index (χ3v) is 12.1. The Hall–Kier alpha value is -5.66. The number of ketones is 2. The predicted octanol–water partition coefficient (Wildman–Crippen LogP) is 6.84. The van der Waals surface area contributed by atoms with Gasteiger partial charge < -0.3 is 40.3 Å². The van der Waals surface area contributed by atoms with E-state index in [9.17, 15) is 39.0 Å². The summed E-state index contributed by atoms with van der Waals surface area (Å²) in [6.07, 6.45) is 9.21. The molecule has 14 nitrogen and oxygen atoms in total. The van der Waals surface area contributed by atoms with E-state index >= 15 is 0 Å². The lowest BCUT2D eigenvalue weighted by molar-refractivity contribution is -0.165. The standard InChI is InChI=1S/C44H54N4O10/c1-22(2)38(42(53)54)57-40-30-27(35(49)37(30)51)21-29-32(40)34(46)25(6)48(29)20-16-14-12-10-8-7-9-11-13-15-19-47-24(5)33(45)31-28(47)18-17-26-36(50)41(52)44(23(3)4,43(55)56)58-39(26)31/h17-18,21-23,38H,7-16,19-20,45-46H2,1-6H3,(H,53,54)(H,55,56). The number of carbonyl (C=O) groups excluding carboxylic acids is 2. The highest BCUT2D eigenvalue weighted by atomic mass is 16.5. The van der Waals surface area contributed by atoms with E-state index in [1.165, 1.54) is 6.07 Å². The van der Waals surface area contributed by atoms with Gasteiger partial charge in [-0.05, 0) is 44.9 Å². The van der Waals surface area contributed by atoms with E-state index in [0.717, 1.165) is 81.1 Å². The summed E-state index contributed by atoms with van der Waals surface area (Å²) >= 11 is 0. The Bertz CT molecular complexity index is 2530. The van der Waals surface area contributed by atoms with Gasteiger partial charge in [-0.15, -0.1) is 0 Å². The van der Waals surface area contributed by atoms with E-state index < -0.39 is 52.0 Å². The first-order valence-corrected chi connectivity index (χ1v) is 20.3. The van der Waals surface area contributed by atoms with Gasteiger partial charge in [-0.1, -0.05) is 79.1 Å². The molecule has 2 aromatic heterocycles. The van der Waals surface area contributed by atoms with Gasteiger partial charge in [0, 0.05) is 41.7 Å².